The van der Waals surface area contributed by atoms with Crippen LogP contribution in [0.15, 0.2) is 30.3 Å². The quantitative estimate of drug-likeness (QED) is 0.877. The first-order valence-corrected chi connectivity index (χ1v) is 8.05. The highest BCUT2D eigenvalue weighted by atomic mass is 16.2. The molecule has 1 aromatic carbocycles. The lowest BCUT2D eigenvalue weighted by Gasteiger charge is -2.44. The van der Waals surface area contributed by atoms with Gasteiger partial charge in [-0.05, 0) is 49.8 Å². The number of likely N-dealkylation sites (tertiary alicyclic amines) is 1. The summed E-state index contributed by atoms with van der Waals surface area (Å²) in [5.74, 6) is 0. The number of urea groups is 1. The van der Waals surface area contributed by atoms with Crippen molar-refractivity contribution < 1.29 is 4.79 Å². The third-order valence-corrected chi connectivity index (χ3v) is 5.06. The molecule has 4 heteroatoms. The molecule has 1 spiro atoms. The van der Waals surface area contributed by atoms with Gasteiger partial charge in [0.15, 0.2) is 0 Å². The van der Waals surface area contributed by atoms with Crippen molar-refractivity contribution in [1.82, 2.24) is 15.5 Å². The highest BCUT2D eigenvalue weighted by Crippen LogP contribution is 2.39. The van der Waals surface area contributed by atoms with Crippen molar-refractivity contribution in [2.24, 2.45) is 5.41 Å². The Morgan fingerprint density at radius 2 is 1.76 bits per heavy atom. The van der Waals surface area contributed by atoms with E-state index < -0.39 is 0 Å². The van der Waals surface area contributed by atoms with E-state index in [2.05, 4.69) is 10.6 Å². The van der Waals surface area contributed by atoms with Crippen LogP contribution in [0.5, 0.6) is 0 Å². The zero-order chi connectivity index (χ0) is 14.5. The van der Waals surface area contributed by atoms with E-state index in [1.165, 1.54) is 12.8 Å². The second kappa shape index (κ2) is 6.48. The molecule has 2 fully saturated rings. The van der Waals surface area contributed by atoms with Crippen molar-refractivity contribution in [3.8, 4) is 0 Å². The standard InChI is InChI=1S/C17H25N3O/c21-16(19-14-15-4-2-1-3-5-15)20-12-8-17(9-13-20)6-10-18-11-7-17/h1-5,18H,6-14H2,(H,19,21). The summed E-state index contributed by atoms with van der Waals surface area (Å²) in [6, 6.07) is 10.2. The summed E-state index contributed by atoms with van der Waals surface area (Å²) in [5, 5.41) is 6.47. The predicted molar refractivity (Wildman–Crippen MR) is 84.0 cm³/mol. The average Bonchev–Trinajstić information content (AvgIpc) is 2.55. The number of carbonyl (C=O) groups is 1. The van der Waals surface area contributed by atoms with Crippen molar-refractivity contribution in [2.75, 3.05) is 26.2 Å². The Morgan fingerprint density at radius 3 is 2.43 bits per heavy atom. The summed E-state index contributed by atoms with van der Waals surface area (Å²) < 4.78 is 0. The van der Waals surface area contributed by atoms with Gasteiger partial charge in [0.25, 0.3) is 0 Å². The van der Waals surface area contributed by atoms with Crippen molar-refractivity contribution in [3.63, 3.8) is 0 Å². The van der Waals surface area contributed by atoms with Crippen molar-refractivity contribution in [3.05, 3.63) is 35.9 Å². The van der Waals surface area contributed by atoms with E-state index in [4.69, 9.17) is 0 Å². The monoisotopic (exact) mass is 287 g/mol. The van der Waals surface area contributed by atoms with E-state index in [-0.39, 0.29) is 6.03 Å². The zero-order valence-electron chi connectivity index (χ0n) is 12.6. The largest absolute Gasteiger partial charge is 0.334 e. The normalized spacial score (nSPS) is 21.2. The maximum absolute atomic E-state index is 12.2. The number of nitrogens with zero attached hydrogens (tertiary/aromatic N) is 1. The first kappa shape index (κ1) is 14.4. The number of piperidine rings is 2. The number of hydrogen-bond acceptors (Lipinski definition) is 2. The first-order chi connectivity index (χ1) is 10.3. The van der Waals surface area contributed by atoms with Crippen LogP contribution in [0.2, 0.25) is 0 Å². The van der Waals surface area contributed by atoms with E-state index in [1.54, 1.807) is 0 Å². The van der Waals surface area contributed by atoms with E-state index in [0.717, 1.165) is 44.6 Å². The fraction of sp³-hybridized carbons (Fsp3) is 0.588. The predicted octanol–water partition coefficient (Wildman–Crippen LogP) is 2.36. The fourth-order valence-corrected chi connectivity index (χ4v) is 3.53. The third-order valence-electron chi connectivity index (χ3n) is 5.06. The minimum absolute atomic E-state index is 0.0858. The third kappa shape index (κ3) is 3.56. The first-order valence-electron chi connectivity index (χ1n) is 8.05. The van der Waals surface area contributed by atoms with E-state index in [9.17, 15) is 4.79 Å². The molecule has 0 atom stereocenters. The van der Waals surface area contributed by atoms with Gasteiger partial charge in [-0.1, -0.05) is 30.3 Å². The Morgan fingerprint density at radius 1 is 1.10 bits per heavy atom. The number of carbonyl (C=O) groups excluding carboxylic acids is 1. The number of rotatable bonds is 2. The number of amides is 2. The summed E-state index contributed by atoms with van der Waals surface area (Å²) in [7, 11) is 0. The summed E-state index contributed by atoms with van der Waals surface area (Å²) in [6.45, 7) is 4.70. The minimum Gasteiger partial charge on any atom is -0.334 e. The molecular weight excluding hydrogens is 262 g/mol. The molecule has 0 saturated carbocycles. The Kier molecular flexibility index (Phi) is 4.44. The van der Waals surface area contributed by atoms with Crippen molar-refractivity contribution >= 4 is 6.03 Å². The van der Waals surface area contributed by atoms with Crippen molar-refractivity contribution in [2.45, 2.75) is 32.2 Å². The molecule has 114 valence electrons. The second-order valence-corrected chi connectivity index (χ2v) is 6.38. The van der Waals surface area contributed by atoms with Crippen LogP contribution in [0.1, 0.15) is 31.2 Å². The molecule has 0 radical (unpaired) electrons. The Labute approximate surface area is 126 Å². The number of nitrogens with one attached hydrogen (secondary N) is 2. The average molecular weight is 287 g/mol. The van der Waals surface area contributed by atoms with E-state index in [0.29, 0.717) is 12.0 Å². The molecule has 0 aromatic heterocycles. The van der Waals surface area contributed by atoms with Crippen LogP contribution in [0.25, 0.3) is 0 Å². The maximum atomic E-state index is 12.2. The van der Waals surface area contributed by atoms with Gasteiger partial charge in [0.05, 0.1) is 0 Å². The molecule has 1 aromatic rings. The lowest BCUT2D eigenvalue weighted by atomic mass is 9.72. The van der Waals surface area contributed by atoms with Crippen LogP contribution >= 0.6 is 0 Å². The van der Waals surface area contributed by atoms with Crippen LogP contribution < -0.4 is 10.6 Å². The molecule has 2 aliphatic rings. The zero-order valence-corrected chi connectivity index (χ0v) is 12.6. The van der Waals surface area contributed by atoms with Crippen LogP contribution in [-0.2, 0) is 6.54 Å². The summed E-state index contributed by atoms with van der Waals surface area (Å²) >= 11 is 0. The molecule has 21 heavy (non-hydrogen) atoms. The van der Waals surface area contributed by atoms with Gasteiger partial charge in [-0.2, -0.15) is 0 Å². The molecule has 4 nitrogen and oxygen atoms in total. The van der Waals surface area contributed by atoms with Gasteiger partial charge in [-0.3, -0.25) is 0 Å². The number of benzene rings is 1. The minimum atomic E-state index is 0.0858. The molecule has 2 saturated heterocycles. The molecule has 2 amide bonds. The number of hydrogen-bond donors (Lipinski definition) is 2. The molecule has 0 bridgehead atoms. The summed E-state index contributed by atoms with van der Waals surface area (Å²) in [4.78, 5) is 14.2. The molecule has 2 heterocycles. The van der Waals surface area contributed by atoms with E-state index >= 15 is 0 Å². The highest BCUT2D eigenvalue weighted by Gasteiger charge is 2.36. The molecule has 3 rings (SSSR count). The van der Waals surface area contributed by atoms with Gasteiger partial charge in [0.1, 0.15) is 0 Å². The lowest BCUT2D eigenvalue weighted by molar-refractivity contribution is 0.0874. The SMILES string of the molecule is O=C(NCc1ccccc1)N1CCC2(CCNCC2)CC1. The van der Waals surface area contributed by atoms with Crippen LogP contribution in [0.4, 0.5) is 4.79 Å². The fourth-order valence-electron chi connectivity index (χ4n) is 3.53. The Hall–Kier alpha value is -1.55. The molecule has 0 unspecified atom stereocenters. The highest BCUT2D eigenvalue weighted by molar-refractivity contribution is 5.74. The Bertz CT molecular complexity index is 458. The van der Waals surface area contributed by atoms with E-state index in [1.807, 2.05) is 35.2 Å². The van der Waals surface area contributed by atoms with Gasteiger partial charge in [0, 0.05) is 19.6 Å². The topological polar surface area (TPSA) is 44.4 Å². The van der Waals surface area contributed by atoms with Crippen molar-refractivity contribution in [1.29, 1.82) is 0 Å². The van der Waals surface area contributed by atoms with Gasteiger partial charge in [-0.15, -0.1) is 0 Å². The maximum Gasteiger partial charge on any atom is 0.317 e. The molecule has 0 aliphatic carbocycles. The summed E-state index contributed by atoms with van der Waals surface area (Å²) in [6.07, 6.45) is 4.86. The molecular formula is C17H25N3O. The van der Waals surface area contributed by atoms with Gasteiger partial charge < -0.3 is 15.5 Å². The second-order valence-electron chi connectivity index (χ2n) is 6.38. The van der Waals surface area contributed by atoms with Gasteiger partial charge in [-0.25, -0.2) is 4.79 Å². The lowest BCUT2D eigenvalue weighted by Crippen LogP contribution is -2.49. The smallest absolute Gasteiger partial charge is 0.317 e. The molecule has 2 aliphatic heterocycles. The summed E-state index contributed by atoms with van der Waals surface area (Å²) in [5.41, 5.74) is 1.65. The van der Waals surface area contributed by atoms with Crippen LogP contribution in [0.3, 0.4) is 0 Å². The van der Waals surface area contributed by atoms with Gasteiger partial charge >= 0.3 is 6.03 Å². The van der Waals surface area contributed by atoms with Crippen LogP contribution in [0, 0.1) is 5.41 Å². The van der Waals surface area contributed by atoms with Gasteiger partial charge in [0.2, 0.25) is 0 Å². The molecule has 2 N–H and O–H groups in total. The Balaban J connectivity index is 1.46. The van der Waals surface area contributed by atoms with Crippen LogP contribution in [-0.4, -0.2) is 37.1 Å².